The van der Waals surface area contributed by atoms with Crippen molar-refractivity contribution in [1.82, 2.24) is 9.88 Å². The predicted molar refractivity (Wildman–Crippen MR) is 105 cm³/mol. The summed E-state index contributed by atoms with van der Waals surface area (Å²) in [4.78, 5) is 24.8. The van der Waals surface area contributed by atoms with E-state index in [-0.39, 0.29) is 11.8 Å². The van der Waals surface area contributed by atoms with Crippen molar-refractivity contribution in [3.63, 3.8) is 0 Å². The Hall–Kier alpha value is -3.15. The lowest BCUT2D eigenvalue weighted by atomic mass is 9.96. The van der Waals surface area contributed by atoms with Gasteiger partial charge in [-0.1, -0.05) is 47.6 Å². The Morgan fingerprint density at radius 3 is 2.54 bits per heavy atom. The number of para-hydroxylation sites is 2. The van der Waals surface area contributed by atoms with Crippen molar-refractivity contribution in [2.75, 3.05) is 13.1 Å². The van der Waals surface area contributed by atoms with Gasteiger partial charge in [0.1, 0.15) is 5.52 Å². The summed E-state index contributed by atoms with van der Waals surface area (Å²) in [6.45, 7) is 1.37. The summed E-state index contributed by atoms with van der Waals surface area (Å²) in [5, 5.41) is 4.13. The molecule has 2 aliphatic heterocycles. The molecule has 142 valence electrons. The quantitative estimate of drug-likeness (QED) is 0.700. The van der Waals surface area contributed by atoms with Crippen LogP contribution < -0.4 is 0 Å². The fourth-order valence-corrected chi connectivity index (χ4v) is 3.93. The highest BCUT2D eigenvalue weighted by atomic mass is 16.6. The van der Waals surface area contributed by atoms with Gasteiger partial charge in [0.15, 0.2) is 11.5 Å². The molecular formula is C22H21N3O3. The zero-order chi connectivity index (χ0) is 18.9. The standard InChI is InChI=1S/C22H21N3O3/c26-22(20-14-18(24-28-20)15-6-2-1-3-7-15)25-12-10-16(11-13-25)21-23-17-8-4-5-9-19(17)27-21/h1-9,16,20H,10-14H2/t20-/m1/s1. The second-order valence-electron chi connectivity index (χ2n) is 7.32. The van der Waals surface area contributed by atoms with Crippen molar-refractivity contribution in [3.8, 4) is 0 Å². The summed E-state index contributed by atoms with van der Waals surface area (Å²) in [5.74, 6) is 1.04. The molecule has 1 fully saturated rings. The first-order valence-electron chi connectivity index (χ1n) is 9.70. The number of piperidine rings is 1. The Labute approximate surface area is 162 Å². The van der Waals surface area contributed by atoms with Gasteiger partial charge in [-0.2, -0.15) is 0 Å². The minimum atomic E-state index is -0.518. The average molecular weight is 375 g/mol. The lowest BCUT2D eigenvalue weighted by Crippen LogP contribution is -2.43. The number of hydrogen-bond donors (Lipinski definition) is 0. The smallest absolute Gasteiger partial charge is 0.266 e. The van der Waals surface area contributed by atoms with Crippen LogP contribution >= 0.6 is 0 Å². The molecule has 0 aliphatic carbocycles. The van der Waals surface area contributed by atoms with Crippen molar-refractivity contribution in [1.29, 1.82) is 0 Å². The first kappa shape index (κ1) is 17.0. The highest BCUT2D eigenvalue weighted by Crippen LogP contribution is 2.30. The number of nitrogens with zero attached hydrogens (tertiary/aromatic N) is 3. The molecule has 0 unspecified atom stereocenters. The third-order valence-electron chi connectivity index (χ3n) is 5.52. The van der Waals surface area contributed by atoms with Gasteiger partial charge in [-0.3, -0.25) is 4.79 Å². The molecule has 0 bridgehead atoms. The monoisotopic (exact) mass is 375 g/mol. The Balaban J connectivity index is 1.19. The van der Waals surface area contributed by atoms with Crippen molar-refractivity contribution in [2.24, 2.45) is 5.16 Å². The van der Waals surface area contributed by atoms with Crippen molar-refractivity contribution in [3.05, 3.63) is 66.1 Å². The van der Waals surface area contributed by atoms with Gasteiger partial charge in [-0.05, 0) is 30.5 Å². The first-order valence-corrected chi connectivity index (χ1v) is 9.70. The number of oxazole rings is 1. The summed E-state index contributed by atoms with van der Waals surface area (Å²) in [6, 6.07) is 17.7. The lowest BCUT2D eigenvalue weighted by molar-refractivity contribution is -0.143. The minimum Gasteiger partial charge on any atom is -0.440 e. The van der Waals surface area contributed by atoms with Crippen molar-refractivity contribution < 1.29 is 14.0 Å². The van der Waals surface area contributed by atoms with E-state index in [4.69, 9.17) is 9.25 Å². The van der Waals surface area contributed by atoms with E-state index in [0.717, 1.165) is 41.1 Å². The van der Waals surface area contributed by atoms with E-state index in [9.17, 15) is 4.79 Å². The third-order valence-corrected chi connectivity index (χ3v) is 5.52. The number of hydrogen-bond acceptors (Lipinski definition) is 5. The molecule has 1 atom stereocenters. The van der Waals surface area contributed by atoms with Crippen LogP contribution in [0.4, 0.5) is 0 Å². The van der Waals surface area contributed by atoms with Gasteiger partial charge in [-0.25, -0.2) is 4.98 Å². The van der Waals surface area contributed by atoms with E-state index in [1.165, 1.54) is 0 Å². The topological polar surface area (TPSA) is 67.9 Å². The van der Waals surface area contributed by atoms with E-state index in [0.29, 0.717) is 19.5 Å². The van der Waals surface area contributed by atoms with Crippen molar-refractivity contribution >= 4 is 22.7 Å². The lowest BCUT2D eigenvalue weighted by Gasteiger charge is -2.31. The molecule has 2 aliphatic rings. The van der Waals surface area contributed by atoms with Crippen LogP contribution in [0.2, 0.25) is 0 Å². The Kier molecular flexibility index (Phi) is 4.31. The van der Waals surface area contributed by atoms with Crippen molar-refractivity contribution in [2.45, 2.75) is 31.3 Å². The van der Waals surface area contributed by atoms with Crippen LogP contribution in [0.5, 0.6) is 0 Å². The maximum Gasteiger partial charge on any atom is 0.266 e. The van der Waals surface area contributed by atoms with Crippen LogP contribution in [0.1, 0.15) is 36.6 Å². The number of oxime groups is 1. The van der Waals surface area contributed by atoms with Gasteiger partial charge in [0.25, 0.3) is 5.91 Å². The molecule has 0 radical (unpaired) electrons. The van der Waals surface area contributed by atoms with Gasteiger partial charge in [0.05, 0.1) is 5.71 Å². The van der Waals surface area contributed by atoms with Gasteiger partial charge < -0.3 is 14.2 Å². The maximum atomic E-state index is 12.8. The van der Waals surface area contributed by atoms with E-state index >= 15 is 0 Å². The minimum absolute atomic E-state index is 0.0192. The summed E-state index contributed by atoms with van der Waals surface area (Å²) in [7, 11) is 0. The number of fused-ring (bicyclic) bond motifs is 1. The van der Waals surface area contributed by atoms with Crippen LogP contribution in [0, 0.1) is 0 Å². The Morgan fingerprint density at radius 2 is 1.75 bits per heavy atom. The first-order chi connectivity index (χ1) is 13.8. The number of carbonyl (C=O) groups is 1. The SMILES string of the molecule is O=C([C@H]1CC(c2ccccc2)=NO1)N1CCC(c2nc3ccccc3o2)CC1. The molecule has 2 aromatic carbocycles. The molecule has 3 aromatic rings. The predicted octanol–water partition coefficient (Wildman–Crippen LogP) is 3.73. The fourth-order valence-electron chi connectivity index (χ4n) is 3.93. The average Bonchev–Trinajstić information content (AvgIpc) is 3.41. The number of amides is 1. The van der Waals surface area contributed by atoms with Gasteiger partial charge in [0, 0.05) is 25.4 Å². The molecular weight excluding hydrogens is 354 g/mol. The van der Waals surface area contributed by atoms with Gasteiger partial charge >= 0.3 is 0 Å². The summed E-state index contributed by atoms with van der Waals surface area (Å²) >= 11 is 0. The molecule has 1 aromatic heterocycles. The van der Waals surface area contributed by atoms with Crippen LogP contribution in [0.15, 0.2) is 64.2 Å². The number of likely N-dealkylation sites (tertiary alicyclic amines) is 1. The number of aromatic nitrogens is 1. The molecule has 1 amide bonds. The second kappa shape index (κ2) is 7.11. The Bertz CT molecular complexity index is 987. The third kappa shape index (κ3) is 3.15. The van der Waals surface area contributed by atoms with Crippen LogP contribution in [0.25, 0.3) is 11.1 Å². The largest absolute Gasteiger partial charge is 0.440 e. The van der Waals surface area contributed by atoms with Crippen LogP contribution in [-0.2, 0) is 9.63 Å². The maximum absolute atomic E-state index is 12.8. The summed E-state index contributed by atoms with van der Waals surface area (Å²) < 4.78 is 5.91. The summed E-state index contributed by atoms with van der Waals surface area (Å²) in [5.41, 5.74) is 3.55. The molecule has 1 saturated heterocycles. The van der Waals surface area contributed by atoms with Gasteiger partial charge in [-0.15, -0.1) is 0 Å². The molecule has 28 heavy (non-hydrogen) atoms. The zero-order valence-electron chi connectivity index (χ0n) is 15.5. The zero-order valence-corrected chi connectivity index (χ0v) is 15.5. The highest BCUT2D eigenvalue weighted by Gasteiger charge is 2.35. The summed E-state index contributed by atoms with van der Waals surface area (Å²) in [6.07, 6.45) is 1.69. The second-order valence-corrected chi connectivity index (χ2v) is 7.32. The highest BCUT2D eigenvalue weighted by molar-refractivity contribution is 6.04. The van der Waals surface area contributed by atoms with E-state index < -0.39 is 6.10 Å². The number of carbonyl (C=O) groups excluding carboxylic acids is 1. The van der Waals surface area contributed by atoms with E-state index in [1.807, 2.05) is 59.5 Å². The Morgan fingerprint density at radius 1 is 1.00 bits per heavy atom. The fraction of sp³-hybridized carbons (Fsp3) is 0.318. The van der Waals surface area contributed by atoms with E-state index in [2.05, 4.69) is 10.1 Å². The molecule has 0 saturated carbocycles. The molecule has 3 heterocycles. The molecule has 0 spiro atoms. The molecule has 5 rings (SSSR count). The number of rotatable bonds is 3. The molecule has 6 heteroatoms. The van der Waals surface area contributed by atoms with Crippen LogP contribution in [0.3, 0.4) is 0 Å². The molecule has 0 N–H and O–H groups in total. The van der Waals surface area contributed by atoms with Crippen LogP contribution in [-0.4, -0.2) is 40.7 Å². The van der Waals surface area contributed by atoms with Gasteiger partial charge in [0.2, 0.25) is 6.10 Å². The van der Waals surface area contributed by atoms with E-state index in [1.54, 1.807) is 0 Å². The number of benzene rings is 2. The molecule has 6 nitrogen and oxygen atoms in total. The normalized spacial score (nSPS) is 20.2.